The highest BCUT2D eigenvalue weighted by atomic mass is 35.5. The Bertz CT molecular complexity index is 1210. The van der Waals surface area contributed by atoms with Crippen molar-refractivity contribution in [3.63, 3.8) is 0 Å². The molecule has 1 fully saturated rings. The number of nitrogens with zero attached hydrogens (tertiary/aromatic N) is 1. The Morgan fingerprint density at radius 3 is 2.58 bits per heavy atom. The van der Waals surface area contributed by atoms with E-state index in [1.807, 2.05) is 18.2 Å². The third-order valence-electron chi connectivity index (χ3n) is 4.57. The lowest BCUT2D eigenvalue weighted by molar-refractivity contribution is -0.117. The van der Waals surface area contributed by atoms with Gasteiger partial charge in [0.1, 0.15) is 17.9 Å². The van der Waals surface area contributed by atoms with Crippen LogP contribution in [-0.4, -0.2) is 29.1 Å². The minimum absolute atomic E-state index is 0.0549. The molecule has 1 aliphatic rings. The zero-order valence-electron chi connectivity index (χ0n) is 17.2. The number of nitrogens with one attached hydrogen (secondary N) is 1. The number of para-hydroxylation sites is 1. The van der Waals surface area contributed by atoms with E-state index in [0.29, 0.717) is 37.8 Å². The Kier molecular flexibility index (Phi) is 5.56. The summed E-state index contributed by atoms with van der Waals surface area (Å²) < 4.78 is 5.54. The summed E-state index contributed by atoms with van der Waals surface area (Å²) in [5.41, 5.74) is 1.50. The molecule has 31 heavy (non-hydrogen) atoms. The average molecular weight is 459 g/mol. The van der Waals surface area contributed by atoms with Crippen LogP contribution in [-0.2, 0) is 14.4 Å². The molecular formula is C23H20Cl2N2O4. The topological polar surface area (TPSA) is 71.6 Å². The van der Waals surface area contributed by atoms with Crippen LogP contribution in [0.3, 0.4) is 0 Å². The van der Waals surface area contributed by atoms with Crippen LogP contribution in [0.4, 0.5) is 5.69 Å². The number of carbonyl (C=O) groups excluding carboxylic acids is 2. The number of hydrogen-bond donors (Lipinski definition) is 1. The molecule has 4 rings (SSSR count). The van der Waals surface area contributed by atoms with E-state index < -0.39 is 11.6 Å². The van der Waals surface area contributed by atoms with Gasteiger partial charge in [0.15, 0.2) is 0 Å². The molecule has 3 aromatic rings. The number of esters is 1. The molecule has 6 nitrogen and oxygen atoms in total. The van der Waals surface area contributed by atoms with Gasteiger partial charge in [-0.1, -0.05) is 41.4 Å². The lowest BCUT2D eigenvalue weighted by Crippen LogP contribution is -2.24. The van der Waals surface area contributed by atoms with Gasteiger partial charge in [-0.05, 0) is 51.1 Å². The van der Waals surface area contributed by atoms with Gasteiger partial charge in [-0.3, -0.25) is 9.63 Å². The number of halogens is 2. The van der Waals surface area contributed by atoms with Crippen LogP contribution >= 0.6 is 23.2 Å². The summed E-state index contributed by atoms with van der Waals surface area (Å²) in [6, 6.07) is 12.3. The number of aromatic amines is 1. The van der Waals surface area contributed by atoms with Crippen LogP contribution < -0.4 is 5.06 Å². The fourth-order valence-corrected chi connectivity index (χ4v) is 3.92. The number of carbonyl (C=O) groups is 2. The van der Waals surface area contributed by atoms with Gasteiger partial charge in [0.2, 0.25) is 0 Å². The second-order valence-electron chi connectivity index (χ2n) is 8.10. The number of rotatable bonds is 3. The maximum absolute atomic E-state index is 13.0. The smallest absolute Gasteiger partial charge is 0.355 e. The van der Waals surface area contributed by atoms with Gasteiger partial charge < -0.3 is 9.72 Å². The SMILES string of the molecule is CC(C)(C)OC(=O)c1[nH]c2cc(Cl)cc(Cl)c2c1C=C1CON(c2ccccc2)C1=O. The summed E-state index contributed by atoms with van der Waals surface area (Å²) in [4.78, 5) is 34.5. The number of fused-ring (bicyclic) bond motifs is 1. The van der Waals surface area contributed by atoms with Crippen LogP contribution in [0.5, 0.6) is 0 Å². The van der Waals surface area contributed by atoms with E-state index in [1.54, 1.807) is 51.1 Å². The lowest BCUT2D eigenvalue weighted by atomic mass is 10.1. The predicted octanol–water partition coefficient (Wildman–Crippen LogP) is 5.79. The van der Waals surface area contributed by atoms with E-state index in [0.717, 1.165) is 0 Å². The maximum atomic E-state index is 13.0. The molecule has 0 atom stereocenters. The molecule has 0 unspecified atom stereocenters. The minimum atomic E-state index is -0.698. The van der Waals surface area contributed by atoms with E-state index in [1.165, 1.54) is 5.06 Å². The van der Waals surface area contributed by atoms with Gasteiger partial charge in [-0.2, -0.15) is 5.06 Å². The minimum Gasteiger partial charge on any atom is -0.455 e. The van der Waals surface area contributed by atoms with E-state index in [2.05, 4.69) is 4.98 Å². The molecular weight excluding hydrogens is 439 g/mol. The van der Waals surface area contributed by atoms with Crippen molar-refractivity contribution in [3.8, 4) is 0 Å². The largest absolute Gasteiger partial charge is 0.455 e. The van der Waals surface area contributed by atoms with Crippen LogP contribution in [0.1, 0.15) is 36.8 Å². The summed E-state index contributed by atoms with van der Waals surface area (Å²) in [5, 5.41) is 2.58. The Labute approximate surface area is 189 Å². The second kappa shape index (κ2) is 8.04. The summed E-state index contributed by atoms with van der Waals surface area (Å²) >= 11 is 12.6. The quantitative estimate of drug-likeness (QED) is 0.398. The first kappa shape index (κ1) is 21.4. The van der Waals surface area contributed by atoms with Gasteiger partial charge in [-0.25, -0.2) is 4.79 Å². The summed E-state index contributed by atoms with van der Waals surface area (Å²) in [6.45, 7) is 5.39. The molecule has 0 aliphatic carbocycles. The van der Waals surface area contributed by atoms with Crippen LogP contribution in [0.2, 0.25) is 10.0 Å². The highest BCUT2D eigenvalue weighted by Crippen LogP contribution is 2.35. The number of hydrogen-bond acceptors (Lipinski definition) is 4. The molecule has 1 aromatic heterocycles. The zero-order valence-corrected chi connectivity index (χ0v) is 18.7. The molecule has 1 amide bonds. The van der Waals surface area contributed by atoms with Crippen molar-refractivity contribution < 1.29 is 19.2 Å². The number of hydroxylamine groups is 1. The van der Waals surface area contributed by atoms with Crippen molar-refractivity contribution in [3.05, 3.63) is 69.3 Å². The van der Waals surface area contributed by atoms with Gasteiger partial charge >= 0.3 is 5.97 Å². The van der Waals surface area contributed by atoms with Crippen molar-refractivity contribution in [2.75, 3.05) is 11.7 Å². The van der Waals surface area contributed by atoms with E-state index in [-0.39, 0.29) is 18.2 Å². The third kappa shape index (κ3) is 4.32. The van der Waals surface area contributed by atoms with Crippen molar-refractivity contribution in [2.24, 2.45) is 0 Å². The number of anilines is 1. The molecule has 0 spiro atoms. The summed E-state index contributed by atoms with van der Waals surface area (Å²) in [7, 11) is 0. The number of aromatic nitrogens is 1. The van der Waals surface area contributed by atoms with Gasteiger partial charge in [-0.15, -0.1) is 0 Å². The lowest BCUT2D eigenvalue weighted by Gasteiger charge is -2.19. The molecule has 1 saturated heterocycles. The molecule has 1 aliphatic heterocycles. The molecule has 2 aromatic carbocycles. The molecule has 0 bridgehead atoms. The summed E-state index contributed by atoms with van der Waals surface area (Å²) in [6.07, 6.45) is 1.61. The van der Waals surface area contributed by atoms with Crippen molar-refractivity contribution >= 4 is 57.7 Å². The molecule has 1 N–H and O–H groups in total. The number of benzene rings is 2. The van der Waals surface area contributed by atoms with Gasteiger partial charge in [0.25, 0.3) is 5.91 Å². The highest BCUT2D eigenvalue weighted by molar-refractivity contribution is 6.39. The summed E-state index contributed by atoms with van der Waals surface area (Å²) in [5.74, 6) is -0.880. The van der Waals surface area contributed by atoms with Crippen molar-refractivity contribution in [1.82, 2.24) is 4.98 Å². The standard InChI is InChI=1S/C23H20Cl2N2O4/c1-23(2,3)31-22(29)20-16(19-17(25)10-14(24)11-18(19)26-20)9-13-12-30-27(21(13)28)15-7-5-4-6-8-15/h4-11,26H,12H2,1-3H3. The molecule has 0 saturated carbocycles. The Hall–Kier alpha value is -2.80. The van der Waals surface area contributed by atoms with Gasteiger partial charge in [0, 0.05) is 27.1 Å². The predicted molar refractivity (Wildman–Crippen MR) is 121 cm³/mol. The molecule has 160 valence electrons. The molecule has 8 heteroatoms. The van der Waals surface area contributed by atoms with Crippen LogP contribution in [0.15, 0.2) is 48.0 Å². The monoisotopic (exact) mass is 458 g/mol. The third-order valence-corrected chi connectivity index (χ3v) is 5.09. The molecule has 0 radical (unpaired) electrons. The maximum Gasteiger partial charge on any atom is 0.355 e. The number of amides is 1. The first-order chi connectivity index (χ1) is 14.6. The normalized spacial score (nSPS) is 15.8. The first-order valence-corrected chi connectivity index (χ1v) is 10.4. The van der Waals surface area contributed by atoms with Crippen LogP contribution in [0.25, 0.3) is 17.0 Å². The van der Waals surface area contributed by atoms with Crippen molar-refractivity contribution in [2.45, 2.75) is 26.4 Å². The Balaban J connectivity index is 1.82. The zero-order chi connectivity index (χ0) is 22.3. The number of ether oxygens (including phenoxy) is 1. The first-order valence-electron chi connectivity index (χ1n) is 9.61. The van der Waals surface area contributed by atoms with Crippen LogP contribution in [0, 0.1) is 0 Å². The van der Waals surface area contributed by atoms with E-state index >= 15 is 0 Å². The van der Waals surface area contributed by atoms with E-state index in [9.17, 15) is 9.59 Å². The fourth-order valence-electron chi connectivity index (χ4n) is 3.33. The Morgan fingerprint density at radius 1 is 1.19 bits per heavy atom. The average Bonchev–Trinajstić information content (AvgIpc) is 3.22. The van der Waals surface area contributed by atoms with E-state index in [4.69, 9.17) is 32.8 Å². The number of H-pyrrole nitrogens is 1. The van der Waals surface area contributed by atoms with Crippen molar-refractivity contribution in [1.29, 1.82) is 0 Å². The van der Waals surface area contributed by atoms with Gasteiger partial charge in [0.05, 0.1) is 10.7 Å². The second-order valence-corrected chi connectivity index (χ2v) is 8.95. The molecule has 2 heterocycles. The highest BCUT2D eigenvalue weighted by Gasteiger charge is 2.31. The fraction of sp³-hybridized carbons (Fsp3) is 0.217. The Morgan fingerprint density at radius 2 is 1.90 bits per heavy atom.